The summed E-state index contributed by atoms with van der Waals surface area (Å²) in [5.74, 6) is 2.38. The summed E-state index contributed by atoms with van der Waals surface area (Å²) < 4.78 is 18.1. The molecule has 0 aliphatic heterocycles. The average Bonchev–Trinajstić information content (AvgIpc) is 3.06. The second-order valence-corrected chi connectivity index (χ2v) is 6.11. The molecule has 1 aromatic heterocycles. The van der Waals surface area contributed by atoms with E-state index in [-0.39, 0.29) is 0 Å². The summed E-state index contributed by atoms with van der Waals surface area (Å²) >= 11 is 5.33. The predicted molar refractivity (Wildman–Crippen MR) is 107 cm³/mol. The van der Waals surface area contributed by atoms with Gasteiger partial charge in [0.05, 0.1) is 27.5 Å². The summed E-state index contributed by atoms with van der Waals surface area (Å²) in [7, 11) is 4.73. The van der Waals surface area contributed by atoms with Crippen molar-refractivity contribution in [3.05, 3.63) is 52.3 Å². The largest absolute Gasteiger partial charge is 0.496 e. The van der Waals surface area contributed by atoms with Gasteiger partial charge in [-0.25, -0.2) is 5.10 Å². The lowest BCUT2D eigenvalue weighted by atomic mass is 10.1. The van der Waals surface area contributed by atoms with Crippen molar-refractivity contribution in [2.24, 2.45) is 5.10 Å². The van der Waals surface area contributed by atoms with Gasteiger partial charge in [0.1, 0.15) is 5.75 Å². The molecule has 0 aliphatic carbocycles. The van der Waals surface area contributed by atoms with Gasteiger partial charge in [-0.1, -0.05) is 23.8 Å². The SMILES string of the molecule is COc1cc(OC)c(OC)cc1C=Nn1c(-c2cccc(C)c2)n[nH]c1=S. The molecule has 0 atom stereocenters. The minimum absolute atomic E-state index is 0.391. The average molecular weight is 384 g/mol. The van der Waals surface area contributed by atoms with Crippen molar-refractivity contribution in [3.8, 4) is 28.6 Å². The molecular weight excluding hydrogens is 364 g/mol. The van der Waals surface area contributed by atoms with E-state index in [9.17, 15) is 0 Å². The first kappa shape index (κ1) is 18.7. The maximum Gasteiger partial charge on any atom is 0.216 e. The Kier molecular flexibility index (Phi) is 5.56. The highest BCUT2D eigenvalue weighted by Gasteiger charge is 2.12. The van der Waals surface area contributed by atoms with Crippen molar-refractivity contribution in [1.82, 2.24) is 14.9 Å². The molecule has 0 unspecified atom stereocenters. The Morgan fingerprint density at radius 3 is 2.41 bits per heavy atom. The Morgan fingerprint density at radius 1 is 1.04 bits per heavy atom. The van der Waals surface area contributed by atoms with Crippen molar-refractivity contribution in [2.45, 2.75) is 6.92 Å². The summed E-state index contributed by atoms with van der Waals surface area (Å²) in [4.78, 5) is 0. The number of aryl methyl sites for hydroxylation is 1. The quantitative estimate of drug-likeness (QED) is 0.517. The van der Waals surface area contributed by atoms with Gasteiger partial charge in [-0.2, -0.15) is 14.9 Å². The minimum Gasteiger partial charge on any atom is -0.496 e. The number of nitrogens with one attached hydrogen (secondary N) is 1. The fraction of sp³-hybridized carbons (Fsp3) is 0.211. The van der Waals surface area contributed by atoms with Crippen LogP contribution in [0.4, 0.5) is 0 Å². The van der Waals surface area contributed by atoms with E-state index in [0.29, 0.717) is 33.4 Å². The van der Waals surface area contributed by atoms with E-state index in [4.69, 9.17) is 26.4 Å². The molecule has 1 heterocycles. The molecule has 1 N–H and O–H groups in total. The van der Waals surface area contributed by atoms with Crippen LogP contribution in [0.3, 0.4) is 0 Å². The fourth-order valence-corrected chi connectivity index (χ4v) is 2.82. The van der Waals surface area contributed by atoms with Gasteiger partial charge in [-0.3, -0.25) is 0 Å². The highest BCUT2D eigenvalue weighted by molar-refractivity contribution is 7.71. The lowest BCUT2D eigenvalue weighted by Crippen LogP contribution is -1.99. The molecule has 2 aromatic carbocycles. The molecule has 0 bridgehead atoms. The summed E-state index contributed by atoms with van der Waals surface area (Å²) in [6.45, 7) is 2.02. The molecule has 0 amide bonds. The highest BCUT2D eigenvalue weighted by atomic mass is 32.1. The summed E-state index contributed by atoms with van der Waals surface area (Å²) in [5, 5.41) is 11.6. The molecule has 140 valence electrons. The van der Waals surface area contributed by atoms with Gasteiger partial charge in [0.25, 0.3) is 0 Å². The molecule has 0 spiro atoms. The van der Waals surface area contributed by atoms with Crippen molar-refractivity contribution in [2.75, 3.05) is 21.3 Å². The summed E-state index contributed by atoms with van der Waals surface area (Å²) in [5.41, 5.74) is 2.76. The molecule has 0 fully saturated rings. The lowest BCUT2D eigenvalue weighted by molar-refractivity contribution is 0.349. The zero-order valence-corrected chi connectivity index (χ0v) is 16.3. The second kappa shape index (κ2) is 8.05. The van der Waals surface area contributed by atoms with E-state index in [2.05, 4.69) is 15.3 Å². The van der Waals surface area contributed by atoms with Crippen LogP contribution in [0, 0.1) is 11.7 Å². The van der Waals surface area contributed by atoms with E-state index >= 15 is 0 Å². The van der Waals surface area contributed by atoms with Gasteiger partial charge in [-0.15, -0.1) is 0 Å². The van der Waals surface area contributed by atoms with E-state index in [1.807, 2.05) is 31.2 Å². The first-order chi connectivity index (χ1) is 13.1. The van der Waals surface area contributed by atoms with Crippen molar-refractivity contribution in [1.29, 1.82) is 0 Å². The number of methoxy groups -OCH3 is 3. The van der Waals surface area contributed by atoms with Crippen LogP contribution in [-0.2, 0) is 0 Å². The van der Waals surface area contributed by atoms with Gasteiger partial charge in [0.15, 0.2) is 17.3 Å². The molecule has 0 radical (unpaired) electrons. The maximum atomic E-state index is 5.43. The summed E-state index contributed by atoms with van der Waals surface area (Å²) in [6, 6.07) is 11.5. The molecule has 27 heavy (non-hydrogen) atoms. The van der Waals surface area contributed by atoms with E-state index in [0.717, 1.165) is 11.1 Å². The number of hydrogen-bond acceptors (Lipinski definition) is 6. The number of benzene rings is 2. The molecule has 0 aliphatic rings. The van der Waals surface area contributed by atoms with Gasteiger partial charge in [-0.05, 0) is 31.3 Å². The molecule has 3 rings (SSSR count). The van der Waals surface area contributed by atoms with Crippen molar-refractivity contribution >= 4 is 18.4 Å². The van der Waals surface area contributed by atoms with Crippen LogP contribution in [0.15, 0.2) is 41.5 Å². The molecule has 3 aromatic rings. The molecule has 8 heteroatoms. The van der Waals surface area contributed by atoms with Crippen LogP contribution < -0.4 is 14.2 Å². The number of H-pyrrole nitrogens is 1. The molecule has 7 nitrogen and oxygen atoms in total. The van der Waals surface area contributed by atoms with Crippen LogP contribution in [-0.4, -0.2) is 42.4 Å². The molecular formula is C19H20N4O3S. The molecule has 0 saturated carbocycles. The normalized spacial score (nSPS) is 11.0. The Morgan fingerprint density at radius 2 is 1.74 bits per heavy atom. The summed E-state index contributed by atoms with van der Waals surface area (Å²) in [6.07, 6.45) is 1.64. The number of aromatic amines is 1. The Bertz CT molecular complexity index is 1040. The van der Waals surface area contributed by atoms with Crippen LogP contribution in [0.2, 0.25) is 0 Å². The van der Waals surface area contributed by atoms with Gasteiger partial charge < -0.3 is 14.2 Å². The molecule has 0 saturated heterocycles. The maximum absolute atomic E-state index is 5.43. The predicted octanol–water partition coefficient (Wildman–Crippen LogP) is 3.82. The van der Waals surface area contributed by atoms with Gasteiger partial charge in [0.2, 0.25) is 4.77 Å². The van der Waals surface area contributed by atoms with E-state index < -0.39 is 0 Å². The van der Waals surface area contributed by atoms with E-state index in [1.54, 1.807) is 44.4 Å². The number of aromatic nitrogens is 3. The minimum atomic E-state index is 0.391. The zero-order valence-electron chi connectivity index (χ0n) is 15.5. The fourth-order valence-electron chi connectivity index (χ4n) is 2.64. The third-order valence-electron chi connectivity index (χ3n) is 3.97. The van der Waals surface area contributed by atoms with Crippen LogP contribution in [0.1, 0.15) is 11.1 Å². The number of ether oxygens (including phenoxy) is 3. The van der Waals surface area contributed by atoms with E-state index in [1.165, 1.54) is 0 Å². The Balaban J connectivity index is 2.05. The lowest BCUT2D eigenvalue weighted by Gasteiger charge is -2.11. The number of nitrogens with zero attached hydrogens (tertiary/aromatic N) is 3. The first-order valence-electron chi connectivity index (χ1n) is 8.16. The monoisotopic (exact) mass is 384 g/mol. The first-order valence-corrected chi connectivity index (χ1v) is 8.57. The van der Waals surface area contributed by atoms with Crippen LogP contribution >= 0.6 is 12.2 Å². The smallest absolute Gasteiger partial charge is 0.216 e. The van der Waals surface area contributed by atoms with Crippen LogP contribution in [0.25, 0.3) is 11.4 Å². The third-order valence-corrected chi connectivity index (χ3v) is 4.24. The third kappa shape index (κ3) is 3.85. The van der Waals surface area contributed by atoms with Gasteiger partial charge >= 0.3 is 0 Å². The van der Waals surface area contributed by atoms with Crippen LogP contribution in [0.5, 0.6) is 17.2 Å². The number of rotatable bonds is 6. The van der Waals surface area contributed by atoms with Crippen molar-refractivity contribution < 1.29 is 14.2 Å². The zero-order chi connectivity index (χ0) is 19.4. The van der Waals surface area contributed by atoms with Crippen molar-refractivity contribution in [3.63, 3.8) is 0 Å². The number of hydrogen-bond donors (Lipinski definition) is 1. The standard InChI is InChI=1S/C19H20N4O3S/c1-12-6-5-7-13(8-12)18-21-22-19(27)23(18)20-11-14-9-16(25-3)17(26-4)10-15(14)24-2/h5-11H,1-4H3,(H,22,27). The second-order valence-electron chi connectivity index (χ2n) is 5.73. The van der Waals surface area contributed by atoms with Gasteiger partial charge in [0, 0.05) is 17.2 Å². The Hall–Kier alpha value is -3.13. The Labute approximate surface area is 162 Å². The highest BCUT2D eigenvalue weighted by Crippen LogP contribution is 2.33. The topological polar surface area (TPSA) is 73.7 Å².